The summed E-state index contributed by atoms with van der Waals surface area (Å²) in [4.78, 5) is 0. The van der Waals surface area contributed by atoms with E-state index in [-0.39, 0.29) is 0 Å². The van der Waals surface area contributed by atoms with Gasteiger partial charge < -0.3 is 5.32 Å². The van der Waals surface area contributed by atoms with E-state index in [1.54, 1.807) is 0 Å². The molecule has 2 heteroatoms. The average Bonchev–Trinajstić information content (AvgIpc) is 2.53. The molecule has 1 aliphatic heterocycles. The van der Waals surface area contributed by atoms with Gasteiger partial charge in [0.25, 0.3) is 0 Å². The van der Waals surface area contributed by atoms with E-state index in [0.29, 0.717) is 6.04 Å². The summed E-state index contributed by atoms with van der Waals surface area (Å²) in [5, 5.41) is 4.36. The molecule has 1 heterocycles. The fourth-order valence-corrected chi connectivity index (χ4v) is 2.17. The van der Waals surface area contributed by atoms with Crippen LogP contribution in [0, 0.1) is 5.92 Å². The Hall–Kier alpha value is -0.530. The van der Waals surface area contributed by atoms with Gasteiger partial charge in [0.05, 0.1) is 0 Å². The second kappa shape index (κ2) is 3.69. The van der Waals surface area contributed by atoms with Gasteiger partial charge in [-0.05, 0) is 30.5 Å². The third-order valence-electron chi connectivity index (χ3n) is 2.63. The van der Waals surface area contributed by atoms with Crippen molar-refractivity contribution in [3.05, 3.63) is 34.9 Å². The molecule has 1 nitrogen and oxygen atoms in total. The van der Waals surface area contributed by atoms with Crippen molar-refractivity contribution in [2.45, 2.75) is 19.4 Å². The average molecular weight is 196 g/mol. The second-order valence-electron chi connectivity index (χ2n) is 3.82. The smallest absolute Gasteiger partial charge is 0.0453 e. The highest BCUT2D eigenvalue weighted by molar-refractivity contribution is 6.31. The number of rotatable bonds is 1. The van der Waals surface area contributed by atoms with E-state index in [1.165, 1.54) is 12.0 Å². The molecule has 13 heavy (non-hydrogen) atoms. The molecular weight excluding hydrogens is 182 g/mol. The first-order chi connectivity index (χ1) is 6.27. The van der Waals surface area contributed by atoms with Crippen LogP contribution in [0.2, 0.25) is 5.02 Å². The Labute approximate surface area is 84.1 Å². The minimum absolute atomic E-state index is 0.462. The maximum absolute atomic E-state index is 6.11. The van der Waals surface area contributed by atoms with Crippen LogP contribution >= 0.6 is 11.6 Å². The predicted molar refractivity (Wildman–Crippen MR) is 56.0 cm³/mol. The topological polar surface area (TPSA) is 12.0 Å². The zero-order valence-corrected chi connectivity index (χ0v) is 8.51. The first-order valence-corrected chi connectivity index (χ1v) is 5.13. The summed E-state index contributed by atoms with van der Waals surface area (Å²) in [6.45, 7) is 3.37. The Balaban J connectivity index is 2.21. The summed E-state index contributed by atoms with van der Waals surface area (Å²) < 4.78 is 0. The van der Waals surface area contributed by atoms with Gasteiger partial charge >= 0.3 is 0 Å². The minimum atomic E-state index is 0.462. The lowest BCUT2D eigenvalue weighted by atomic mass is 10.0. The second-order valence-corrected chi connectivity index (χ2v) is 4.23. The summed E-state index contributed by atoms with van der Waals surface area (Å²) >= 11 is 6.11. The van der Waals surface area contributed by atoms with Crippen LogP contribution in [0.4, 0.5) is 0 Å². The van der Waals surface area contributed by atoms with Crippen molar-refractivity contribution in [3.8, 4) is 0 Å². The lowest BCUT2D eigenvalue weighted by Crippen LogP contribution is -2.13. The largest absolute Gasteiger partial charge is 0.310 e. The summed E-state index contributed by atoms with van der Waals surface area (Å²) in [7, 11) is 0. The molecule has 1 aromatic carbocycles. The lowest BCUT2D eigenvalue weighted by molar-refractivity contribution is 0.612. The fraction of sp³-hybridized carbons (Fsp3) is 0.455. The maximum atomic E-state index is 6.11. The lowest BCUT2D eigenvalue weighted by Gasteiger charge is -2.11. The van der Waals surface area contributed by atoms with E-state index < -0.39 is 0 Å². The molecule has 0 unspecified atom stereocenters. The molecule has 1 saturated heterocycles. The SMILES string of the molecule is C[C@H]1CN[C@H](c2ccccc2Cl)C1. The molecule has 1 aromatic rings. The van der Waals surface area contributed by atoms with Gasteiger partial charge in [-0.2, -0.15) is 0 Å². The van der Waals surface area contributed by atoms with Crippen LogP contribution in [-0.4, -0.2) is 6.54 Å². The molecule has 0 aliphatic carbocycles. The zero-order valence-electron chi connectivity index (χ0n) is 7.76. The quantitative estimate of drug-likeness (QED) is 0.727. The van der Waals surface area contributed by atoms with Gasteiger partial charge in [-0.1, -0.05) is 36.7 Å². The Morgan fingerprint density at radius 3 is 2.77 bits per heavy atom. The van der Waals surface area contributed by atoms with Crippen LogP contribution in [0.15, 0.2) is 24.3 Å². The molecule has 0 spiro atoms. The van der Waals surface area contributed by atoms with Gasteiger partial charge in [0.1, 0.15) is 0 Å². The van der Waals surface area contributed by atoms with E-state index in [2.05, 4.69) is 18.3 Å². The summed E-state index contributed by atoms with van der Waals surface area (Å²) in [5.41, 5.74) is 1.24. The number of benzene rings is 1. The van der Waals surface area contributed by atoms with Crippen molar-refractivity contribution in [1.82, 2.24) is 5.32 Å². The van der Waals surface area contributed by atoms with Crippen molar-refractivity contribution in [1.29, 1.82) is 0 Å². The van der Waals surface area contributed by atoms with Crippen LogP contribution in [0.5, 0.6) is 0 Å². The molecule has 1 aliphatic rings. The van der Waals surface area contributed by atoms with Gasteiger partial charge in [-0.25, -0.2) is 0 Å². The van der Waals surface area contributed by atoms with Crippen LogP contribution < -0.4 is 5.32 Å². The Bertz CT molecular complexity index is 298. The molecule has 0 radical (unpaired) electrons. The molecule has 0 saturated carbocycles. The summed E-state index contributed by atoms with van der Waals surface area (Å²) in [6, 6.07) is 8.55. The van der Waals surface area contributed by atoms with Crippen LogP contribution in [0.1, 0.15) is 24.9 Å². The molecule has 0 bridgehead atoms. The van der Waals surface area contributed by atoms with Crippen LogP contribution in [0.25, 0.3) is 0 Å². The van der Waals surface area contributed by atoms with Gasteiger partial charge in [0, 0.05) is 11.1 Å². The van der Waals surface area contributed by atoms with Crippen LogP contribution in [0.3, 0.4) is 0 Å². The van der Waals surface area contributed by atoms with E-state index in [9.17, 15) is 0 Å². The monoisotopic (exact) mass is 195 g/mol. The van der Waals surface area contributed by atoms with Crippen molar-refractivity contribution < 1.29 is 0 Å². The maximum Gasteiger partial charge on any atom is 0.0453 e. The van der Waals surface area contributed by atoms with Gasteiger partial charge in [-0.15, -0.1) is 0 Å². The molecule has 0 aromatic heterocycles. The van der Waals surface area contributed by atoms with Crippen molar-refractivity contribution in [3.63, 3.8) is 0 Å². The zero-order chi connectivity index (χ0) is 9.26. The van der Waals surface area contributed by atoms with Gasteiger partial charge in [0.2, 0.25) is 0 Å². The van der Waals surface area contributed by atoms with E-state index in [0.717, 1.165) is 17.5 Å². The van der Waals surface area contributed by atoms with E-state index >= 15 is 0 Å². The normalized spacial score (nSPS) is 27.8. The molecule has 1 N–H and O–H groups in total. The number of halogens is 1. The molecule has 70 valence electrons. The van der Waals surface area contributed by atoms with Crippen LogP contribution in [-0.2, 0) is 0 Å². The van der Waals surface area contributed by atoms with Crippen molar-refractivity contribution in [2.75, 3.05) is 6.54 Å². The summed E-state index contributed by atoms with van der Waals surface area (Å²) in [5.74, 6) is 0.765. The van der Waals surface area contributed by atoms with Gasteiger partial charge in [0.15, 0.2) is 0 Å². The predicted octanol–water partition coefficient (Wildman–Crippen LogP) is 3.01. The Morgan fingerprint density at radius 2 is 2.15 bits per heavy atom. The first-order valence-electron chi connectivity index (χ1n) is 4.75. The molecule has 2 rings (SSSR count). The third-order valence-corrected chi connectivity index (χ3v) is 2.98. The first kappa shape index (κ1) is 9.04. The standard InChI is InChI=1S/C11H14ClN/c1-8-6-11(13-7-8)9-4-2-3-5-10(9)12/h2-5,8,11,13H,6-7H2,1H3/t8-,11+/m1/s1. The number of hydrogen-bond donors (Lipinski definition) is 1. The third kappa shape index (κ3) is 1.87. The molecule has 2 atom stereocenters. The Morgan fingerprint density at radius 1 is 1.38 bits per heavy atom. The van der Waals surface area contributed by atoms with E-state index in [4.69, 9.17) is 11.6 Å². The highest BCUT2D eigenvalue weighted by Gasteiger charge is 2.23. The molecule has 0 amide bonds. The van der Waals surface area contributed by atoms with E-state index in [1.807, 2.05) is 18.2 Å². The summed E-state index contributed by atoms with van der Waals surface area (Å²) in [6.07, 6.45) is 1.20. The Kier molecular flexibility index (Phi) is 2.56. The van der Waals surface area contributed by atoms with Crippen molar-refractivity contribution >= 4 is 11.6 Å². The van der Waals surface area contributed by atoms with Crippen molar-refractivity contribution in [2.24, 2.45) is 5.92 Å². The minimum Gasteiger partial charge on any atom is -0.310 e. The molecule has 1 fully saturated rings. The van der Waals surface area contributed by atoms with Gasteiger partial charge in [-0.3, -0.25) is 0 Å². The highest BCUT2D eigenvalue weighted by atomic mass is 35.5. The number of hydrogen-bond acceptors (Lipinski definition) is 1. The molecular formula is C11H14ClN. The fourth-order valence-electron chi connectivity index (χ4n) is 1.91. The highest BCUT2D eigenvalue weighted by Crippen LogP contribution is 2.30. The number of nitrogens with one attached hydrogen (secondary N) is 1.